The van der Waals surface area contributed by atoms with Gasteiger partial charge in [-0.25, -0.2) is 18.2 Å². The van der Waals surface area contributed by atoms with Crippen LogP contribution >= 0.6 is 11.6 Å². The third-order valence-corrected chi connectivity index (χ3v) is 6.22. The summed E-state index contributed by atoms with van der Waals surface area (Å²) in [5, 5.41) is 5.45. The van der Waals surface area contributed by atoms with Crippen LogP contribution in [0.5, 0.6) is 0 Å². The van der Waals surface area contributed by atoms with Crippen molar-refractivity contribution in [3.63, 3.8) is 0 Å². The summed E-state index contributed by atoms with van der Waals surface area (Å²) < 4.78 is 41.4. The van der Waals surface area contributed by atoms with Crippen molar-refractivity contribution in [2.24, 2.45) is 0 Å². The fourth-order valence-corrected chi connectivity index (χ4v) is 4.40. The smallest absolute Gasteiger partial charge is 0.263 e. The number of aromatic amines is 1. The van der Waals surface area contributed by atoms with Gasteiger partial charge in [0.15, 0.2) is 17.5 Å². The molecule has 0 saturated carbocycles. The number of pyridine rings is 1. The maximum absolute atomic E-state index is 13.6. The van der Waals surface area contributed by atoms with Crippen LogP contribution in [0.4, 0.5) is 18.9 Å². The number of fused-ring (bicyclic) bond motifs is 1. The van der Waals surface area contributed by atoms with Gasteiger partial charge in [0, 0.05) is 36.4 Å². The fourth-order valence-electron chi connectivity index (χ4n) is 4.17. The molecule has 1 aliphatic rings. The molecule has 2 amide bonds. The molecule has 40 heavy (non-hydrogen) atoms. The summed E-state index contributed by atoms with van der Waals surface area (Å²) in [6.45, 7) is -0.271. The molecule has 4 aromatic rings. The van der Waals surface area contributed by atoms with E-state index in [9.17, 15) is 27.6 Å². The number of H-pyrrole nitrogens is 1. The van der Waals surface area contributed by atoms with Crippen LogP contribution < -0.4 is 16.2 Å². The van der Waals surface area contributed by atoms with Crippen molar-refractivity contribution in [3.8, 4) is 0 Å². The maximum Gasteiger partial charge on any atom is 0.263 e. The zero-order valence-corrected chi connectivity index (χ0v) is 21.2. The first kappa shape index (κ1) is 26.7. The number of hydrogen-bond donors (Lipinski definition) is 3. The fraction of sp³-hybridized carbons (Fsp3) is 0.0714. The molecule has 202 valence electrons. The molecular weight excluding hydrogens is 547 g/mol. The van der Waals surface area contributed by atoms with E-state index < -0.39 is 28.9 Å². The number of nitrogens with zero attached hydrogens (tertiary/aromatic N) is 2. The van der Waals surface area contributed by atoms with E-state index in [-0.39, 0.29) is 35.1 Å². The third-order valence-electron chi connectivity index (χ3n) is 6.01. The van der Waals surface area contributed by atoms with E-state index in [0.29, 0.717) is 17.1 Å². The van der Waals surface area contributed by atoms with Crippen LogP contribution in [-0.2, 0) is 11.3 Å². The minimum atomic E-state index is -1.62. The second-order valence-electron chi connectivity index (χ2n) is 8.78. The van der Waals surface area contributed by atoms with Gasteiger partial charge in [-0.1, -0.05) is 35.9 Å². The molecule has 0 radical (unpaired) electrons. The van der Waals surface area contributed by atoms with Crippen LogP contribution in [-0.4, -0.2) is 32.9 Å². The lowest BCUT2D eigenvalue weighted by Gasteiger charge is -2.10. The predicted molar refractivity (Wildman–Crippen MR) is 144 cm³/mol. The maximum atomic E-state index is 13.6. The summed E-state index contributed by atoms with van der Waals surface area (Å²) >= 11 is 6.07. The minimum Gasteiger partial charge on any atom is -0.348 e. The number of nitrogens with one attached hydrogen (secondary N) is 3. The van der Waals surface area contributed by atoms with Crippen molar-refractivity contribution < 1.29 is 22.8 Å². The zero-order valence-electron chi connectivity index (χ0n) is 20.5. The van der Waals surface area contributed by atoms with Crippen molar-refractivity contribution in [3.05, 3.63) is 122 Å². The summed E-state index contributed by atoms with van der Waals surface area (Å²) in [6, 6.07) is 8.10. The van der Waals surface area contributed by atoms with Crippen molar-refractivity contribution in [1.29, 1.82) is 0 Å². The number of imidazole rings is 1. The number of aromatic nitrogens is 3. The molecule has 0 unspecified atom stereocenters. The van der Waals surface area contributed by atoms with Crippen molar-refractivity contribution in [2.75, 3.05) is 11.9 Å². The Bertz CT molecular complexity index is 1740. The number of amides is 2. The predicted octanol–water partition coefficient (Wildman–Crippen LogP) is 4.63. The summed E-state index contributed by atoms with van der Waals surface area (Å²) in [4.78, 5) is 45.0. The summed E-state index contributed by atoms with van der Waals surface area (Å²) in [7, 11) is 0. The largest absolute Gasteiger partial charge is 0.348 e. The normalized spacial score (nSPS) is 13.6. The van der Waals surface area contributed by atoms with E-state index in [2.05, 4.69) is 20.6 Å². The molecule has 3 N–H and O–H groups in total. The number of hydrogen-bond acceptors (Lipinski definition) is 4. The molecule has 12 heteroatoms. The molecule has 0 bridgehead atoms. The third kappa shape index (κ3) is 5.59. The average Bonchev–Trinajstić information content (AvgIpc) is 3.54. The number of rotatable bonds is 7. The van der Waals surface area contributed by atoms with Gasteiger partial charge in [0.25, 0.3) is 17.4 Å². The van der Waals surface area contributed by atoms with E-state index in [1.54, 1.807) is 42.8 Å². The highest BCUT2D eigenvalue weighted by atomic mass is 35.5. The highest BCUT2D eigenvalue weighted by Gasteiger charge is 2.24. The lowest BCUT2D eigenvalue weighted by Crippen LogP contribution is -2.33. The van der Waals surface area contributed by atoms with Crippen LogP contribution in [0.25, 0.3) is 17.7 Å². The molecule has 3 heterocycles. The van der Waals surface area contributed by atoms with Crippen molar-refractivity contribution in [2.45, 2.75) is 6.54 Å². The number of benzene rings is 2. The van der Waals surface area contributed by atoms with Crippen LogP contribution in [0.3, 0.4) is 0 Å². The highest BCUT2D eigenvalue weighted by Crippen LogP contribution is 2.33. The Morgan fingerprint density at radius 3 is 2.60 bits per heavy atom. The molecule has 5 rings (SSSR count). The molecule has 2 aromatic heterocycles. The van der Waals surface area contributed by atoms with Gasteiger partial charge in [-0.05, 0) is 41.5 Å². The van der Waals surface area contributed by atoms with Crippen molar-refractivity contribution >= 4 is 46.8 Å². The first-order chi connectivity index (χ1) is 19.2. The Morgan fingerprint density at radius 2 is 1.88 bits per heavy atom. The average molecular weight is 566 g/mol. The quantitative estimate of drug-likeness (QED) is 0.224. The molecule has 2 aromatic carbocycles. The summed E-state index contributed by atoms with van der Waals surface area (Å²) in [6.07, 6.45) is 9.51. The highest BCUT2D eigenvalue weighted by molar-refractivity contribution is 6.34. The van der Waals surface area contributed by atoms with Crippen LogP contribution in [0.15, 0.2) is 65.9 Å². The van der Waals surface area contributed by atoms with E-state index in [4.69, 9.17) is 11.6 Å². The van der Waals surface area contributed by atoms with Gasteiger partial charge in [0.1, 0.15) is 11.4 Å². The van der Waals surface area contributed by atoms with Gasteiger partial charge in [-0.2, -0.15) is 0 Å². The van der Waals surface area contributed by atoms with Gasteiger partial charge in [0.05, 0.1) is 17.1 Å². The topological polar surface area (TPSA) is 109 Å². The molecule has 0 fully saturated rings. The minimum absolute atomic E-state index is 0.0239. The molecule has 0 aliphatic carbocycles. The van der Waals surface area contributed by atoms with Gasteiger partial charge in [0.2, 0.25) is 0 Å². The Labute approximate surface area is 229 Å². The molecule has 0 saturated heterocycles. The van der Waals surface area contributed by atoms with E-state index >= 15 is 0 Å². The van der Waals surface area contributed by atoms with Crippen LogP contribution in [0, 0.1) is 17.5 Å². The van der Waals surface area contributed by atoms with E-state index in [1.165, 1.54) is 12.3 Å². The number of carbonyl (C=O) groups excluding carboxylic acids is 2. The van der Waals surface area contributed by atoms with Crippen LogP contribution in [0.1, 0.15) is 32.9 Å². The Hall–Kier alpha value is -4.90. The number of anilines is 1. The Morgan fingerprint density at radius 1 is 1.10 bits per heavy atom. The molecule has 1 aliphatic heterocycles. The first-order valence-corrected chi connectivity index (χ1v) is 12.2. The van der Waals surface area contributed by atoms with Gasteiger partial charge in [-0.15, -0.1) is 0 Å². The first-order valence-electron chi connectivity index (χ1n) is 11.8. The summed E-state index contributed by atoms with van der Waals surface area (Å²) in [5.41, 5.74) is 1.56. The van der Waals surface area contributed by atoms with Gasteiger partial charge >= 0.3 is 0 Å². The van der Waals surface area contributed by atoms with Gasteiger partial charge < -0.3 is 20.2 Å². The lowest BCUT2D eigenvalue weighted by atomic mass is 10.0. The van der Waals surface area contributed by atoms with Gasteiger partial charge in [-0.3, -0.25) is 14.4 Å². The molecule has 0 atom stereocenters. The molecule has 0 spiro atoms. The molecule has 8 nitrogen and oxygen atoms in total. The number of carbonyl (C=O) groups is 2. The monoisotopic (exact) mass is 565 g/mol. The second kappa shape index (κ2) is 11.1. The molecular formula is C28H19ClF3N5O3. The summed E-state index contributed by atoms with van der Waals surface area (Å²) in [5.74, 6) is -4.82. The Kier molecular flexibility index (Phi) is 7.39. The van der Waals surface area contributed by atoms with Crippen LogP contribution in [0.2, 0.25) is 5.02 Å². The SMILES string of the molecule is O=C1Nc2cc(C=CCNC(=O)c3cc(Cl)cn(Cc4cc(F)c(F)c(F)c4)c3=O)ccc2C1=Cc1ncc[nH]1. The van der Waals surface area contributed by atoms with E-state index in [0.717, 1.165) is 27.8 Å². The number of halogens is 4. The second-order valence-corrected chi connectivity index (χ2v) is 9.22. The van der Waals surface area contributed by atoms with Crippen molar-refractivity contribution in [1.82, 2.24) is 19.9 Å². The zero-order chi connectivity index (χ0) is 28.4. The van der Waals surface area contributed by atoms with E-state index in [1.807, 2.05) is 6.07 Å². The Balaban J connectivity index is 1.26. The lowest BCUT2D eigenvalue weighted by molar-refractivity contribution is -0.110. The standard InChI is InChI=1S/C28H19ClF3N5O3/c29-17-11-20(28(40)37(14-17)13-16-8-21(30)25(32)22(31)9-16)26(38)35-5-1-2-15-3-4-18-19(12-24-33-6-7-34-24)27(39)36-23(18)10-15/h1-4,6-12,14H,5,13H2,(H,33,34)(H,35,38)(H,36,39).